The molecule has 0 aromatic rings. The molecule has 4 unspecified atom stereocenters. The lowest BCUT2D eigenvalue weighted by atomic mass is 9.77. The molecular formula is C14H28N2O. The van der Waals surface area contributed by atoms with Gasteiger partial charge in [-0.1, -0.05) is 13.8 Å². The standard InChI is InChI=1S/C14H28N2O/c1-11-9-12(2)14(13(17)10-11)16-6-4-5-15(3)7-8-16/h11-14,17H,4-10H2,1-3H3. The van der Waals surface area contributed by atoms with E-state index in [4.69, 9.17) is 0 Å². The van der Waals surface area contributed by atoms with Gasteiger partial charge < -0.3 is 10.0 Å². The zero-order chi connectivity index (χ0) is 12.4. The minimum absolute atomic E-state index is 0.114. The zero-order valence-corrected chi connectivity index (χ0v) is 11.6. The summed E-state index contributed by atoms with van der Waals surface area (Å²) in [4.78, 5) is 4.95. The van der Waals surface area contributed by atoms with E-state index in [1.165, 1.54) is 19.4 Å². The Morgan fingerprint density at radius 1 is 1.00 bits per heavy atom. The molecule has 0 bridgehead atoms. The van der Waals surface area contributed by atoms with E-state index < -0.39 is 0 Å². The molecule has 2 fully saturated rings. The van der Waals surface area contributed by atoms with Gasteiger partial charge in [0.05, 0.1) is 6.10 Å². The fraction of sp³-hybridized carbons (Fsp3) is 1.00. The van der Waals surface area contributed by atoms with Gasteiger partial charge in [-0.05, 0) is 51.2 Å². The van der Waals surface area contributed by atoms with Crippen molar-refractivity contribution in [3.05, 3.63) is 0 Å². The van der Waals surface area contributed by atoms with Crippen molar-refractivity contribution in [1.82, 2.24) is 9.80 Å². The molecule has 0 radical (unpaired) electrons. The van der Waals surface area contributed by atoms with Crippen LogP contribution in [-0.2, 0) is 0 Å². The molecule has 2 aliphatic rings. The predicted octanol–water partition coefficient (Wildman–Crippen LogP) is 1.42. The minimum Gasteiger partial charge on any atom is -0.391 e. The van der Waals surface area contributed by atoms with Gasteiger partial charge in [0.25, 0.3) is 0 Å². The molecule has 1 N–H and O–H groups in total. The molecule has 100 valence electrons. The average molecular weight is 240 g/mol. The third-order valence-electron chi connectivity index (χ3n) is 4.57. The molecule has 1 heterocycles. The van der Waals surface area contributed by atoms with Crippen LogP contribution in [0, 0.1) is 11.8 Å². The van der Waals surface area contributed by atoms with Crippen molar-refractivity contribution >= 4 is 0 Å². The third-order valence-corrected chi connectivity index (χ3v) is 4.57. The maximum absolute atomic E-state index is 10.4. The molecular weight excluding hydrogens is 212 g/mol. The largest absolute Gasteiger partial charge is 0.391 e. The fourth-order valence-corrected chi connectivity index (χ4v) is 3.77. The topological polar surface area (TPSA) is 26.7 Å². The van der Waals surface area contributed by atoms with Gasteiger partial charge >= 0.3 is 0 Å². The van der Waals surface area contributed by atoms with Crippen molar-refractivity contribution in [2.45, 2.75) is 45.3 Å². The van der Waals surface area contributed by atoms with Crippen molar-refractivity contribution in [2.75, 3.05) is 33.2 Å². The van der Waals surface area contributed by atoms with E-state index in [0.717, 1.165) is 26.1 Å². The van der Waals surface area contributed by atoms with Crippen molar-refractivity contribution < 1.29 is 5.11 Å². The van der Waals surface area contributed by atoms with Gasteiger partial charge in [0.2, 0.25) is 0 Å². The van der Waals surface area contributed by atoms with Crippen LogP contribution in [0.2, 0.25) is 0 Å². The van der Waals surface area contributed by atoms with E-state index in [-0.39, 0.29) is 6.10 Å². The quantitative estimate of drug-likeness (QED) is 0.751. The molecule has 1 aliphatic heterocycles. The second-order valence-electron chi connectivity index (χ2n) is 6.30. The van der Waals surface area contributed by atoms with Crippen molar-refractivity contribution in [2.24, 2.45) is 11.8 Å². The van der Waals surface area contributed by atoms with Gasteiger partial charge in [0, 0.05) is 19.1 Å². The monoisotopic (exact) mass is 240 g/mol. The lowest BCUT2D eigenvalue weighted by Gasteiger charge is -2.43. The van der Waals surface area contributed by atoms with E-state index in [1.807, 2.05) is 0 Å². The Bertz CT molecular complexity index is 234. The third kappa shape index (κ3) is 3.21. The van der Waals surface area contributed by atoms with Gasteiger partial charge in [0.15, 0.2) is 0 Å². The number of likely N-dealkylation sites (N-methyl/N-ethyl adjacent to an activating group) is 1. The molecule has 0 aromatic heterocycles. The van der Waals surface area contributed by atoms with Crippen LogP contribution in [0.3, 0.4) is 0 Å². The first kappa shape index (κ1) is 13.3. The smallest absolute Gasteiger partial charge is 0.0700 e. The van der Waals surface area contributed by atoms with Crippen LogP contribution in [0.15, 0.2) is 0 Å². The highest BCUT2D eigenvalue weighted by molar-refractivity contribution is 4.90. The van der Waals surface area contributed by atoms with Crippen LogP contribution in [0.4, 0.5) is 0 Å². The Morgan fingerprint density at radius 3 is 2.47 bits per heavy atom. The molecule has 3 heteroatoms. The molecule has 0 spiro atoms. The Hall–Kier alpha value is -0.120. The molecule has 2 rings (SSSR count). The molecule has 0 amide bonds. The lowest BCUT2D eigenvalue weighted by Crippen LogP contribution is -2.52. The molecule has 0 aromatic carbocycles. The number of aliphatic hydroxyl groups is 1. The summed E-state index contributed by atoms with van der Waals surface area (Å²) < 4.78 is 0. The molecule has 1 saturated heterocycles. The predicted molar refractivity (Wildman–Crippen MR) is 71.0 cm³/mol. The number of rotatable bonds is 1. The van der Waals surface area contributed by atoms with Gasteiger partial charge in [-0.15, -0.1) is 0 Å². The van der Waals surface area contributed by atoms with E-state index >= 15 is 0 Å². The number of nitrogens with zero attached hydrogens (tertiary/aromatic N) is 2. The first-order chi connectivity index (χ1) is 8.08. The lowest BCUT2D eigenvalue weighted by molar-refractivity contribution is -0.0226. The minimum atomic E-state index is -0.114. The summed E-state index contributed by atoms with van der Waals surface area (Å²) in [5.74, 6) is 1.32. The average Bonchev–Trinajstić information content (AvgIpc) is 2.42. The van der Waals surface area contributed by atoms with Crippen LogP contribution in [0.25, 0.3) is 0 Å². The second-order valence-corrected chi connectivity index (χ2v) is 6.30. The van der Waals surface area contributed by atoms with Crippen LogP contribution in [0.1, 0.15) is 33.1 Å². The molecule has 1 aliphatic carbocycles. The van der Waals surface area contributed by atoms with E-state index in [9.17, 15) is 5.11 Å². The number of hydrogen-bond donors (Lipinski definition) is 1. The molecule has 4 atom stereocenters. The summed E-state index contributed by atoms with van der Waals surface area (Å²) in [5, 5.41) is 10.4. The molecule has 3 nitrogen and oxygen atoms in total. The zero-order valence-electron chi connectivity index (χ0n) is 11.6. The highest BCUT2D eigenvalue weighted by atomic mass is 16.3. The maximum atomic E-state index is 10.4. The Morgan fingerprint density at radius 2 is 1.76 bits per heavy atom. The van der Waals surface area contributed by atoms with Crippen LogP contribution >= 0.6 is 0 Å². The van der Waals surface area contributed by atoms with Gasteiger partial charge in [-0.25, -0.2) is 0 Å². The Kier molecular flexibility index (Phi) is 4.45. The van der Waals surface area contributed by atoms with Crippen molar-refractivity contribution in [1.29, 1.82) is 0 Å². The first-order valence-corrected chi connectivity index (χ1v) is 7.18. The van der Waals surface area contributed by atoms with Crippen LogP contribution < -0.4 is 0 Å². The Labute approximate surface area is 106 Å². The number of aliphatic hydroxyl groups excluding tert-OH is 1. The SMILES string of the molecule is CC1CC(C)C(N2CCCN(C)CC2)C(O)C1. The fourth-order valence-electron chi connectivity index (χ4n) is 3.77. The van der Waals surface area contributed by atoms with Gasteiger partial charge in [-0.3, -0.25) is 4.90 Å². The highest BCUT2D eigenvalue weighted by Gasteiger charge is 2.36. The summed E-state index contributed by atoms with van der Waals surface area (Å²) in [7, 11) is 2.20. The summed E-state index contributed by atoms with van der Waals surface area (Å²) in [5.41, 5.74) is 0. The van der Waals surface area contributed by atoms with Crippen molar-refractivity contribution in [3.63, 3.8) is 0 Å². The van der Waals surface area contributed by atoms with Crippen molar-refractivity contribution in [3.8, 4) is 0 Å². The molecule has 1 saturated carbocycles. The summed E-state index contributed by atoms with van der Waals surface area (Å²) in [6.07, 6.45) is 3.38. The van der Waals surface area contributed by atoms with E-state index in [1.54, 1.807) is 0 Å². The van der Waals surface area contributed by atoms with E-state index in [0.29, 0.717) is 17.9 Å². The summed E-state index contributed by atoms with van der Waals surface area (Å²) in [6.45, 7) is 9.21. The summed E-state index contributed by atoms with van der Waals surface area (Å²) >= 11 is 0. The normalized spacial score (nSPS) is 42.4. The van der Waals surface area contributed by atoms with Gasteiger partial charge in [0.1, 0.15) is 0 Å². The highest BCUT2D eigenvalue weighted by Crippen LogP contribution is 2.32. The van der Waals surface area contributed by atoms with Crippen LogP contribution in [0.5, 0.6) is 0 Å². The summed E-state index contributed by atoms with van der Waals surface area (Å²) in [6, 6.07) is 0.401. The van der Waals surface area contributed by atoms with Gasteiger partial charge in [-0.2, -0.15) is 0 Å². The second kappa shape index (κ2) is 5.68. The number of hydrogen-bond acceptors (Lipinski definition) is 3. The van der Waals surface area contributed by atoms with Crippen LogP contribution in [-0.4, -0.2) is 60.3 Å². The Balaban J connectivity index is 1.99. The first-order valence-electron chi connectivity index (χ1n) is 7.18. The molecule has 17 heavy (non-hydrogen) atoms. The van der Waals surface area contributed by atoms with E-state index in [2.05, 4.69) is 30.7 Å². The maximum Gasteiger partial charge on any atom is 0.0700 e.